The second kappa shape index (κ2) is 7.58. The third-order valence-electron chi connectivity index (χ3n) is 3.42. The van der Waals surface area contributed by atoms with Gasteiger partial charge in [-0.1, -0.05) is 0 Å². The first kappa shape index (κ1) is 17.5. The van der Waals surface area contributed by atoms with Crippen molar-refractivity contribution in [2.24, 2.45) is 12.8 Å². The molecule has 0 fully saturated rings. The number of benzene rings is 1. The highest BCUT2D eigenvalue weighted by atomic mass is 19.1. The standard InChI is InChI=1S/C16H20FN5O2/c1-11-9-15(21(2)20-11)19-16(24)10-22(8-7-14(18)23)13-5-3-12(17)4-6-13/h3-6,9H,7-8,10H2,1-2H3,(H2,18,23)(H,19,24). The van der Waals surface area contributed by atoms with Crippen molar-refractivity contribution in [2.45, 2.75) is 13.3 Å². The van der Waals surface area contributed by atoms with E-state index < -0.39 is 5.91 Å². The molecular formula is C16H20FN5O2. The molecule has 1 heterocycles. The molecule has 0 atom stereocenters. The van der Waals surface area contributed by atoms with Crippen LogP contribution in [0.4, 0.5) is 15.9 Å². The van der Waals surface area contributed by atoms with Crippen LogP contribution in [0.3, 0.4) is 0 Å². The molecule has 1 aromatic heterocycles. The molecule has 0 aliphatic carbocycles. The Hall–Kier alpha value is -2.90. The highest BCUT2D eigenvalue weighted by Gasteiger charge is 2.14. The van der Waals surface area contributed by atoms with Gasteiger partial charge in [0, 0.05) is 31.8 Å². The largest absolute Gasteiger partial charge is 0.370 e. The van der Waals surface area contributed by atoms with E-state index in [1.165, 1.54) is 12.1 Å². The molecule has 2 amide bonds. The van der Waals surface area contributed by atoms with E-state index in [-0.39, 0.29) is 31.2 Å². The summed E-state index contributed by atoms with van der Waals surface area (Å²) in [5.74, 6) is -0.536. The van der Waals surface area contributed by atoms with Crippen molar-refractivity contribution in [3.05, 3.63) is 41.8 Å². The van der Waals surface area contributed by atoms with Crippen LogP contribution in [0.25, 0.3) is 0 Å². The molecule has 3 N–H and O–H groups in total. The normalized spacial score (nSPS) is 10.5. The summed E-state index contributed by atoms with van der Waals surface area (Å²) in [5, 5.41) is 6.92. The number of hydrogen-bond donors (Lipinski definition) is 2. The molecule has 0 aliphatic heterocycles. The summed E-state index contributed by atoms with van der Waals surface area (Å²) in [5.41, 5.74) is 6.60. The third kappa shape index (κ3) is 4.80. The summed E-state index contributed by atoms with van der Waals surface area (Å²) in [6, 6.07) is 7.46. The summed E-state index contributed by atoms with van der Waals surface area (Å²) in [6.45, 7) is 2.09. The molecule has 0 bridgehead atoms. The Bertz CT molecular complexity index is 727. The Balaban J connectivity index is 2.08. The molecule has 0 radical (unpaired) electrons. The lowest BCUT2D eigenvalue weighted by atomic mass is 10.2. The van der Waals surface area contributed by atoms with Crippen LogP contribution in [0.15, 0.2) is 30.3 Å². The lowest BCUT2D eigenvalue weighted by Crippen LogP contribution is -2.36. The fraction of sp³-hybridized carbons (Fsp3) is 0.312. The fourth-order valence-corrected chi connectivity index (χ4v) is 2.28. The molecule has 7 nitrogen and oxygen atoms in total. The summed E-state index contributed by atoms with van der Waals surface area (Å²) in [6.07, 6.45) is 0.0927. The van der Waals surface area contributed by atoms with E-state index in [1.54, 1.807) is 34.8 Å². The number of nitrogens with two attached hydrogens (primary N) is 1. The number of nitrogens with one attached hydrogen (secondary N) is 1. The third-order valence-corrected chi connectivity index (χ3v) is 3.42. The summed E-state index contributed by atoms with van der Waals surface area (Å²) in [4.78, 5) is 25.0. The van der Waals surface area contributed by atoms with Crippen molar-refractivity contribution < 1.29 is 14.0 Å². The van der Waals surface area contributed by atoms with Crippen LogP contribution in [-0.2, 0) is 16.6 Å². The second-order valence-corrected chi connectivity index (χ2v) is 5.46. The summed E-state index contributed by atoms with van der Waals surface area (Å²) < 4.78 is 14.6. The van der Waals surface area contributed by atoms with Gasteiger partial charge in [0.25, 0.3) is 0 Å². The van der Waals surface area contributed by atoms with E-state index in [1.807, 2.05) is 6.92 Å². The number of nitrogens with zero attached hydrogens (tertiary/aromatic N) is 3. The monoisotopic (exact) mass is 333 g/mol. The molecule has 24 heavy (non-hydrogen) atoms. The first-order chi connectivity index (χ1) is 11.3. The van der Waals surface area contributed by atoms with Gasteiger partial charge < -0.3 is 16.0 Å². The van der Waals surface area contributed by atoms with Gasteiger partial charge in [-0.05, 0) is 31.2 Å². The summed E-state index contributed by atoms with van der Waals surface area (Å²) in [7, 11) is 1.73. The molecule has 8 heteroatoms. The number of aryl methyl sites for hydroxylation is 2. The minimum Gasteiger partial charge on any atom is -0.370 e. The molecule has 2 aromatic rings. The number of hydrogen-bond acceptors (Lipinski definition) is 4. The number of primary amides is 1. The number of carbonyl (C=O) groups excluding carboxylic acids is 2. The number of anilines is 2. The van der Waals surface area contributed by atoms with Crippen LogP contribution in [0.2, 0.25) is 0 Å². The Labute approximate surface area is 139 Å². The molecule has 0 aliphatic rings. The minimum absolute atomic E-state index is 0.00312. The van der Waals surface area contributed by atoms with Gasteiger partial charge in [0.15, 0.2) is 0 Å². The van der Waals surface area contributed by atoms with Crippen molar-refractivity contribution >= 4 is 23.3 Å². The Morgan fingerprint density at radius 1 is 1.33 bits per heavy atom. The van der Waals surface area contributed by atoms with E-state index in [4.69, 9.17) is 5.73 Å². The van der Waals surface area contributed by atoms with Crippen molar-refractivity contribution in [3.63, 3.8) is 0 Å². The predicted octanol–water partition coefficient (Wildman–Crippen LogP) is 1.19. The Kier molecular flexibility index (Phi) is 5.51. The van der Waals surface area contributed by atoms with Gasteiger partial charge in [-0.15, -0.1) is 0 Å². The van der Waals surface area contributed by atoms with E-state index in [0.717, 1.165) is 5.69 Å². The topological polar surface area (TPSA) is 93.3 Å². The summed E-state index contributed by atoms with van der Waals surface area (Å²) >= 11 is 0. The van der Waals surface area contributed by atoms with E-state index in [0.29, 0.717) is 11.5 Å². The van der Waals surface area contributed by atoms with Crippen LogP contribution in [0.5, 0.6) is 0 Å². The second-order valence-electron chi connectivity index (χ2n) is 5.46. The maximum Gasteiger partial charge on any atom is 0.245 e. The lowest BCUT2D eigenvalue weighted by molar-refractivity contribution is -0.118. The van der Waals surface area contributed by atoms with Crippen molar-refractivity contribution in [2.75, 3.05) is 23.3 Å². The van der Waals surface area contributed by atoms with Crippen molar-refractivity contribution in [3.8, 4) is 0 Å². The zero-order valence-electron chi connectivity index (χ0n) is 13.6. The first-order valence-electron chi connectivity index (χ1n) is 7.44. The van der Waals surface area contributed by atoms with Crippen LogP contribution in [-0.4, -0.2) is 34.7 Å². The average Bonchev–Trinajstić information content (AvgIpc) is 2.82. The van der Waals surface area contributed by atoms with Gasteiger partial charge in [0.2, 0.25) is 11.8 Å². The zero-order chi connectivity index (χ0) is 17.7. The number of carbonyl (C=O) groups is 2. The van der Waals surface area contributed by atoms with Gasteiger partial charge >= 0.3 is 0 Å². The zero-order valence-corrected chi connectivity index (χ0v) is 13.6. The fourth-order valence-electron chi connectivity index (χ4n) is 2.28. The lowest BCUT2D eigenvalue weighted by Gasteiger charge is -2.23. The van der Waals surface area contributed by atoms with Crippen LogP contribution >= 0.6 is 0 Å². The molecule has 2 rings (SSSR count). The maximum atomic E-state index is 13.1. The molecule has 128 valence electrons. The number of rotatable bonds is 7. The van der Waals surface area contributed by atoms with E-state index in [9.17, 15) is 14.0 Å². The highest BCUT2D eigenvalue weighted by molar-refractivity contribution is 5.93. The Morgan fingerprint density at radius 2 is 2.00 bits per heavy atom. The van der Waals surface area contributed by atoms with Crippen LogP contribution in [0, 0.1) is 12.7 Å². The van der Waals surface area contributed by atoms with Crippen LogP contribution < -0.4 is 16.0 Å². The van der Waals surface area contributed by atoms with Gasteiger partial charge in [0.1, 0.15) is 11.6 Å². The molecule has 0 unspecified atom stereocenters. The van der Waals surface area contributed by atoms with Gasteiger partial charge in [0.05, 0.1) is 12.2 Å². The average molecular weight is 333 g/mol. The number of aromatic nitrogens is 2. The van der Waals surface area contributed by atoms with E-state index in [2.05, 4.69) is 10.4 Å². The Morgan fingerprint density at radius 3 is 2.54 bits per heavy atom. The number of amides is 2. The van der Waals surface area contributed by atoms with Crippen LogP contribution in [0.1, 0.15) is 12.1 Å². The first-order valence-corrected chi connectivity index (χ1v) is 7.44. The molecule has 0 saturated heterocycles. The van der Waals surface area contributed by atoms with Gasteiger partial charge in [-0.2, -0.15) is 5.10 Å². The van der Waals surface area contributed by atoms with E-state index >= 15 is 0 Å². The smallest absolute Gasteiger partial charge is 0.245 e. The quantitative estimate of drug-likeness (QED) is 0.796. The maximum absolute atomic E-state index is 13.1. The highest BCUT2D eigenvalue weighted by Crippen LogP contribution is 2.16. The predicted molar refractivity (Wildman–Crippen MR) is 89.0 cm³/mol. The van der Waals surface area contributed by atoms with Gasteiger partial charge in [-0.3, -0.25) is 14.3 Å². The molecular weight excluding hydrogens is 313 g/mol. The molecule has 0 spiro atoms. The van der Waals surface area contributed by atoms with Gasteiger partial charge in [-0.25, -0.2) is 4.39 Å². The number of halogens is 1. The minimum atomic E-state index is -0.468. The molecule has 0 saturated carbocycles. The van der Waals surface area contributed by atoms with Crippen molar-refractivity contribution in [1.82, 2.24) is 9.78 Å². The molecule has 1 aromatic carbocycles. The van der Waals surface area contributed by atoms with Crippen molar-refractivity contribution in [1.29, 1.82) is 0 Å². The SMILES string of the molecule is Cc1cc(NC(=O)CN(CCC(N)=O)c2ccc(F)cc2)n(C)n1.